The molecule has 0 fully saturated rings. The molecule has 0 amide bonds. The van der Waals surface area contributed by atoms with Gasteiger partial charge in [0.1, 0.15) is 0 Å². The van der Waals surface area contributed by atoms with Crippen molar-refractivity contribution in [3.05, 3.63) is 42.0 Å². The molecule has 2 atom stereocenters. The van der Waals surface area contributed by atoms with E-state index < -0.39 is 0 Å². The van der Waals surface area contributed by atoms with Gasteiger partial charge in [-0.1, -0.05) is 49.8 Å². The maximum absolute atomic E-state index is 11.8. The molecule has 0 aliphatic heterocycles. The van der Waals surface area contributed by atoms with Gasteiger partial charge in [0.15, 0.2) is 0 Å². The highest BCUT2D eigenvalue weighted by molar-refractivity contribution is 5.80. The van der Waals surface area contributed by atoms with E-state index in [9.17, 15) is 4.79 Å². The van der Waals surface area contributed by atoms with Crippen LogP contribution in [0.5, 0.6) is 0 Å². The standard InChI is InChI=1S/C16H20O2/c1-3-7-13-10-14(11-15(13)16(17)18-2)12-8-5-4-6-9-12/h4-6,8-10,13,15H,3,7,11H2,1-2H3/t13-,15+/m0/s1. The van der Waals surface area contributed by atoms with Gasteiger partial charge in [0, 0.05) is 0 Å². The van der Waals surface area contributed by atoms with Crippen molar-refractivity contribution in [3.8, 4) is 0 Å². The third kappa shape index (κ3) is 2.63. The molecule has 0 radical (unpaired) electrons. The lowest BCUT2D eigenvalue weighted by Gasteiger charge is -2.15. The molecule has 0 saturated heterocycles. The van der Waals surface area contributed by atoms with E-state index in [0.717, 1.165) is 19.3 Å². The topological polar surface area (TPSA) is 26.3 Å². The first-order chi connectivity index (χ1) is 8.76. The van der Waals surface area contributed by atoms with Crippen LogP contribution in [0, 0.1) is 11.8 Å². The van der Waals surface area contributed by atoms with Crippen LogP contribution in [0.2, 0.25) is 0 Å². The fraction of sp³-hybridized carbons (Fsp3) is 0.438. The molecule has 1 aromatic carbocycles. The first-order valence-electron chi connectivity index (χ1n) is 6.60. The van der Waals surface area contributed by atoms with Crippen LogP contribution >= 0.6 is 0 Å². The second-order valence-corrected chi connectivity index (χ2v) is 4.84. The summed E-state index contributed by atoms with van der Waals surface area (Å²) in [7, 11) is 1.48. The minimum absolute atomic E-state index is 0.00477. The second kappa shape index (κ2) is 5.85. The molecule has 1 aliphatic rings. The lowest BCUT2D eigenvalue weighted by Crippen LogP contribution is -2.20. The normalized spacial score (nSPS) is 22.7. The number of ether oxygens (including phenoxy) is 1. The van der Waals surface area contributed by atoms with Crippen molar-refractivity contribution >= 4 is 11.5 Å². The lowest BCUT2D eigenvalue weighted by molar-refractivity contribution is -0.146. The number of carbonyl (C=O) groups excluding carboxylic acids is 1. The molecular weight excluding hydrogens is 224 g/mol. The number of hydrogen-bond acceptors (Lipinski definition) is 2. The van der Waals surface area contributed by atoms with E-state index in [-0.39, 0.29) is 11.9 Å². The molecule has 2 rings (SSSR count). The predicted molar refractivity (Wildman–Crippen MR) is 72.9 cm³/mol. The van der Waals surface area contributed by atoms with Crippen LogP contribution in [0.25, 0.3) is 5.57 Å². The van der Waals surface area contributed by atoms with E-state index in [0.29, 0.717) is 5.92 Å². The lowest BCUT2D eigenvalue weighted by atomic mass is 9.91. The van der Waals surface area contributed by atoms with Gasteiger partial charge in [0.2, 0.25) is 0 Å². The van der Waals surface area contributed by atoms with Gasteiger partial charge in [-0.15, -0.1) is 0 Å². The smallest absolute Gasteiger partial charge is 0.309 e. The Bertz CT molecular complexity index is 434. The summed E-state index contributed by atoms with van der Waals surface area (Å²) in [6, 6.07) is 10.3. The van der Waals surface area contributed by atoms with Crippen molar-refractivity contribution in [3.63, 3.8) is 0 Å². The van der Waals surface area contributed by atoms with Gasteiger partial charge in [-0.25, -0.2) is 0 Å². The maximum Gasteiger partial charge on any atom is 0.309 e. The van der Waals surface area contributed by atoms with Crippen LogP contribution in [0.1, 0.15) is 31.7 Å². The first kappa shape index (κ1) is 12.9. The van der Waals surface area contributed by atoms with Gasteiger partial charge in [0.05, 0.1) is 13.0 Å². The first-order valence-corrected chi connectivity index (χ1v) is 6.60. The van der Waals surface area contributed by atoms with Crippen molar-refractivity contribution in [2.24, 2.45) is 11.8 Å². The van der Waals surface area contributed by atoms with Crippen molar-refractivity contribution in [2.75, 3.05) is 7.11 Å². The Morgan fingerprint density at radius 1 is 1.33 bits per heavy atom. The van der Waals surface area contributed by atoms with Crippen LogP contribution < -0.4 is 0 Å². The van der Waals surface area contributed by atoms with Crippen molar-refractivity contribution < 1.29 is 9.53 Å². The minimum atomic E-state index is -0.0735. The second-order valence-electron chi connectivity index (χ2n) is 4.84. The predicted octanol–water partition coefficient (Wildman–Crippen LogP) is 3.68. The molecule has 0 heterocycles. The number of carbonyl (C=O) groups is 1. The quantitative estimate of drug-likeness (QED) is 0.755. The third-order valence-corrected chi connectivity index (χ3v) is 3.64. The SMILES string of the molecule is CCC[C@H]1C=C(c2ccccc2)C[C@H]1C(=O)OC. The summed E-state index contributed by atoms with van der Waals surface area (Å²) < 4.78 is 4.92. The zero-order valence-electron chi connectivity index (χ0n) is 11.1. The average Bonchev–Trinajstić information content (AvgIpc) is 2.83. The average molecular weight is 244 g/mol. The Kier molecular flexibility index (Phi) is 4.19. The van der Waals surface area contributed by atoms with E-state index in [1.54, 1.807) is 0 Å². The van der Waals surface area contributed by atoms with E-state index in [1.807, 2.05) is 18.2 Å². The molecule has 0 aromatic heterocycles. The van der Waals surface area contributed by atoms with Gasteiger partial charge in [-0.05, 0) is 29.9 Å². The zero-order valence-corrected chi connectivity index (χ0v) is 11.1. The number of rotatable bonds is 4. The molecular formula is C16H20O2. The fourth-order valence-corrected chi connectivity index (χ4v) is 2.72. The minimum Gasteiger partial charge on any atom is -0.469 e. The maximum atomic E-state index is 11.8. The highest BCUT2D eigenvalue weighted by atomic mass is 16.5. The third-order valence-electron chi connectivity index (χ3n) is 3.64. The number of allylic oxidation sites excluding steroid dienone is 2. The fourth-order valence-electron chi connectivity index (χ4n) is 2.72. The summed E-state index contributed by atoms with van der Waals surface area (Å²) in [6.07, 6.45) is 5.22. The highest BCUT2D eigenvalue weighted by Crippen LogP contribution is 2.39. The molecule has 2 heteroatoms. The summed E-state index contributed by atoms with van der Waals surface area (Å²) in [5, 5.41) is 0. The van der Waals surface area contributed by atoms with Gasteiger partial charge < -0.3 is 4.74 Å². The van der Waals surface area contributed by atoms with E-state index >= 15 is 0 Å². The molecule has 1 aliphatic carbocycles. The molecule has 0 N–H and O–H groups in total. The number of esters is 1. The molecule has 0 unspecified atom stereocenters. The molecule has 0 bridgehead atoms. The molecule has 0 saturated carbocycles. The summed E-state index contributed by atoms with van der Waals surface area (Å²) in [4.78, 5) is 11.8. The van der Waals surface area contributed by atoms with Crippen molar-refractivity contribution in [1.82, 2.24) is 0 Å². The van der Waals surface area contributed by atoms with Gasteiger partial charge >= 0.3 is 5.97 Å². The number of hydrogen-bond donors (Lipinski definition) is 0. The Labute approximate surface area is 109 Å². The summed E-state index contributed by atoms with van der Waals surface area (Å²) in [5.41, 5.74) is 2.51. The van der Waals surface area contributed by atoms with Crippen LogP contribution in [0.15, 0.2) is 36.4 Å². The largest absolute Gasteiger partial charge is 0.469 e. The molecule has 18 heavy (non-hydrogen) atoms. The van der Waals surface area contributed by atoms with Crippen LogP contribution in [0.4, 0.5) is 0 Å². The van der Waals surface area contributed by atoms with Crippen LogP contribution in [0.3, 0.4) is 0 Å². The van der Waals surface area contributed by atoms with Crippen LogP contribution in [-0.2, 0) is 9.53 Å². The molecule has 96 valence electrons. The Hall–Kier alpha value is -1.57. The van der Waals surface area contributed by atoms with E-state index in [2.05, 4.69) is 25.1 Å². The van der Waals surface area contributed by atoms with E-state index in [4.69, 9.17) is 4.74 Å². The molecule has 2 nitrogen and oxygen atoms in total. The van der Waals surface area contributed by atoms with Gasteiger partial charge in [-0.2, -0.15) is 0 Å². The number of benzene rings is 1. The number of methoxy groups -OCH3 is 1. The summed E-state index contributed by atoms with van der Waals surface area (Å²) in [6.45, 7) is 2.16. The summed E-state index contributed by atoms with van der Waals surface area (Å²) in [5.74, 6) is 0.262. The van der Waals surface area contributed by atoms with Crippen molar-refractivity contribution in [2.45, 2.75) is 26.2 Å². The summed E-state index contributed by atoms with van der Waals surface area (Å²) >= 11 is 0. The van der Waals surface area contributed by atoms with E-state index in [1.165, 1.54) is 18.2 Å². The molecule has 1 aromatic rings. The Morgan fingerprint density at radius 3 is 2.67 bits per heavy atom. The van der Waals surface area contributed by atoms with Crippen molar-refractivity contribution in [1.29, 1.82) is 0 Å². The zero-order chi connectivity index (χ0) is 13.0. The van der Waals surface area contributed by atoms with Gasteiger partial charge in [0.25, 0.3) is 0 Å². The highest BCUT2D eigenvalue weighted by Gasteiger charge is 2.33. The van der Waals surface area contributed by atoms with Gasteiger partial charge in [-0.3, -0.25) is 4.79 Å². The monoisotopic (exact) mass is 244 g/mol. The van der Waals surface area contributed by atoms with Crippen LogP contribution in [-0.4, -0.2) is 13.1 Å². The Balaban J connectivity index is 2.19. The Morgan fingerprint density at radius 2 is 2.06 bits per heavy atom. The molecule has 0 spiro atoms.